The summed E-state index contributed by atoms with van der Waals surface area (Å²) in [6.45, 7) is 0. The van der Waals surface area contributed by atoms with Gasteiger partial charge >= 0.3 is 6.01 Å². The summed E-state index contributed by atoms with van der Waals surface area (Å²) in [5, 5.41) is 14.5. The fourth-order valence-electron chi connectivity index (χ4n) is 2.97. The number of rotatable bonds is 3. The highest BCUT2D eigenvalue weighted by Crippen LogP contribution is 2.36. The first-order valence-corrected chi connectivity index (χ1v) is 8.84. The van der Waals surface area contributed by atoms with Crippen LogP contribution in [0.15, 0.2) is 80.0 Å². The van der Waals surface area contributed by atoms with Gasteiger partial charge < -0.3 is 14.2 Å². The fraction of sp³-hybridized carbons (Fsp3) is 0. The zero-order valence-electron chi connectivity index (χ0n) is 13.4. The molecule has 3 aromatic carbocycles. The molecule has 0 amide bonds. The van der Waals surface area contributed by atoms with Crippen molar-refractivity contribution in [3.8, 4) is 11.7 Å². The van der Waals surface area contributed by atoms with Crippen LogP contribution in [0.1, 0.15) is 0 Å². The van der Waals surface area contributed by atoms with Crippen LogP contribution >= 0.6 is 15.9 Å². The predicted octanol–water partition coefficient (Wildman–Crippen LogP) is 6.14. The van der Waals surface area contributed by atoms with Crippen molar-refractivity contribution >= 4 is 49.4 Å². The molecule has 0 bridgehead atoms. The third-order valence-electron chi connectivity index (χ3n) is 4.15. The lowest BCUT2D eigenvalue weighted by Gasteiger charge is -2.00. The van der Waals surface area contributed by atoms with E-state index in [2.05, 4.69) is 43.6 Å². The molecule has 0 saturated heterocycles. The topological polar surface area (TPSA) is 64.1 Å². The second-order valence-electron chi connectivity index (χ2n) is 5.83. The number of fused-ring (bicyclic) bond motifs is 3. The molecule has 5 rings (SSSR count). The van der Waals surface area contributed by atoms with E-state index in [0.717, 1.165) is 31.9 Å². The molecular formula is C20H12BrN3O2. The van der Waals surface area contributed by atoms with Gasteiger partial charge in [0.25, 0.3) is 5.89 Å². The Kier molecular flexibility index (Phi) is 3.50. The van der Waals surface area contributed by atoms with Gasteiger partial charge in [-0.1, -0.05) is 63.5 Å². The summed E-state index contributed by atoms with van der Waals surface area (Å²) in [5.74, 6) is 0.872. The Morgan fingerprint density at radius 3 is 2.38 bits per heavy atom. The maximum absolute atomic E-state index is 5.95. The molecule has 2 aromatic heterocycles. The van der Waals surface area contributed by atoms with Crippen molar-refractivity contribution in [1.82, 2.24) is 10.2 Å². The van der Waals surface area contributed by atoms with Crippen molar-refractivity contribution in [2.24, 2.45) is 0 Å². The monoisotopic (exact) mass is 405 g/mol. The highest BCUT2D eigenvalue weighted by Gasteiger charge is 2.16. The standard InChI is InChI=1S/C20H12BrN3O2/c21-16-11-17-15(13-8-4-5-9-14(13)16)10-18(25-17)19-23-24-20(26-19)22-12-6-2-1-3-7-12/h1-11H,(H,22,24). The van der Waals surface area contributed by atoms with Crippen LogP contribution in [-0.4, -0.2) is 10.2 Å². The van der Waals surface area contributed by atoms with Crippen molar-refractivity contribution < 1.29 is 8.83 Å². The van der Waals surface area contributed by atoms with Crippen LogP contribution in [0.5, 0.6) is 0 Å². The molecule has 126 valence electrons. The lowest BCUT2D eigenvalue weighted by Crippen LogP contribution is -1.88. The van der Waals surface area contributed by atoms with E-state index in [-0.39, 0.29) is 0 Å². The number of para-hydroxylation sites is 1. The first-order chi connectivity index (χ1) is 12.8. The minimum atomic E-state index is 0.317. The Bertz CT molecular complexity index is 1230. The zero-order valence-corrected chi connectivity index (χ0v) is 15.0. The molecule has 1 N–H and O–H groups in total. The number of hydrogen-bond acceptors (Lipinski definition) is 5. The van der Waals surface area contributed by atoms with Gasteiger partial charge in [0.05, 0.1) is 0 Å². The lowest BCUT2D eigenvalue weighted by molar-refractivity contribution is 0.544. The van der Waals surface area contributed by atoms with E-state index >= 15 is 0 Å². The minimum Gasteiger partial charge on any atom is -0.451 e. The van der Waals surface area contributed by atoms with E-state index in [4.69, 9.17) is 8.83 Å². The van der Waals surface area contributed by atoms with Gasteiger partial charge in [0.15, 0.2) is 5.76 Å². The SMILES string of the molecule is Brc1cc2oc(-c3nnc(Nc4ccccc4)o3)cc2c2ccccc12. The summed E-state index contributed by atoms with van der Waals surface area (Å²) in [6, 6.07) is 22.0. The van der Waals surface area contributed by atoms with Crippen LogP contribution in [0, 0.1) is 0 Å². The summed E-state index contributed by atoms with van der Waals surface area (Å²) in [5.41, 5.74) is 1.64. The van der Waals surface area contributed by atoms with Crippen molar-refractivity contribution in [2.75, 3.05) is 5.32 Å². The number of benzene rings is 3. The van der Waals surface area contributed by atoms with E-state index in [0.29, 0.717) is 17.7 Å². The molecule has 0 saturated carbocycles. The first kappa shape index (κ1) is 15.2. The molecule has 26 heavy (non-hydrogen) atoms. The molecule has 0 aliphatic rings. The molecule has 6 heteroatoms. The largest absolute Gasteiger partial charge is 0.451 e. The minimum absolute atomic E-state index is 0.317. The van der Waals surface area contributed by atoms with Gasteiger partial charge in [-0.3, -0.25) is 0 Å². The van der Waals surface area contributed by atoms with E-state index in [1.54, 1.807) is 0 Å². The Hall–Kier alpha value is -3.12. The maximum Gasteiger partial charge on any atom is 0.320 e. The Balaban J connectivity index is 1.56. The number of nitrogens with zero attached hydrogens (tertiary/aromatic N) is 2. The second-order valence-corrected chi connectivity index (χ2v) is 6.68. The molecular weight excluding hydrogens is 394 g/mol. The third kappa shape index (κ3) is 2.55. The molecule has 0 radical (unpaired) electrons. The average Bonchev–Trinajstić information content (AvgIpc) is 3.30. The molecule has 5 aromatic rings. The fourth-order valence-corrected chi connectivity index (χ4v) is 3.52. The lowest BCUT2D eigenvalue weighted by atomic mass is 10.1. The third-order valence-corrected chi connectivity index (χ3v) is 4.81. The van der Waals surface area contributed by atoms with Crippen LogP contribution in [0.25, 0.3) is 33.4 Å². The van der Waals surface area contributed by atoms with Gasteiger partial charge in [0, 0.05) is 15.5 Å². The van der Waals surface area contributed by atoms with Gasteiger partial charge in [-0.05, 0) is 35.0 Å². The summed E-state index contributed by atoms with van der Waals surface area (Å²) < 4.78 is 12.6. The number of hydrogen-bond donors (Lipinski definition) is 1. The highest BCUT2D eigenvalue weighted by atomic mass is 79.9. The van der Waals surface area contributed by atoms with Crippen molar-refractivity contribution in [3.63, 3.8) is 0 Å². The number of nitrogens with one attached hydrogen (secondary N) is 1. The Morgan fingerprint density at radius 2 is 1.54 bits per heavy atom. The van der Waals surface area contributed by atoms with Crippen LogP contribution in [-0.2, 0) is 0 Å². The van der Waals surface area contributed by atoms with Crippen LogP contribution < -0.4 is 5.32 Å². The van der Waals surface area contributed by atoms with Crippen LogP contribution in [0.4, 0.5) is 11.7 Å². The second kappa shape index (κ2) is 6.00. The molecule has 0 atom stereocenters. The van der Waals surface area contributed by atoms with Crippen molar-refractivity contribution in [1.29, 1.82) is 0 Å². The first-order valence-electron chi connectivity index (χ1n) is 8.05. The summed E-state index contributed by atoms with van der Waals surface area (Å²) in [7, 11) is 0. The average molecular weight is 406 g/mol. The quantitative estimate of drug-likeness (QED) is 0.390. The molecule has 0 fully saturated rings. The summed E-state index contributed by atoms with van der Waals surface area (Å²) in [6.07, 6.45) is 0. The van der Waals surface area contributed by atoms with Crippen LogP contribution in [0.3, 0.4) is 0 Å². The number of anilines is 2. The Morgan fingerprint density at radius 1 is 0.769 bits per heavy atom. The predicted molar refractivity (Wildman–Crippen MR) is 104 cm³/mol. The van der Waals surface area contributed by atoms with Crippen LogP contribution in [0.2, 0.25) is 0 Å². The zero-order chi connectivity index (χ0) is 17.5. The molecule has 0 spiro atoms. The van der Waals surface area contributed by atoms with Gasteiger partial charge in [0.1, 0.15) is 5.58 Å². The normalized spacial score (nSPS) is 11.3. The number of aromatic nitrogens is 2. The van der Waals surface area contributed by atoms with Gasteiger partial charge in [-0.25, -0.2) is 0 Å². The van der Waals surface area contributed by atoms with E-state index in [1.807, 2.05) is 54.6 Å². The van der Waals surface area contributed by atoms with Gasteiger partial charge in [0.2, 0.25) is 0 Å². The smallest absolute Gasteiger partial charge is 0.320 e. The molecule has 0 unspecified atom stereocenters. The summed E-state index contributed by atoms with van der Waals surface area (Å²) >= 11 is 3.60. The highest BCUT2D eigenvalue weighted by molar-refractivity contribution is 9.10. The molecule has 2 heterocycles. The van der Waals surface area contributed by atoms with Gasteiger partial charge in [-0.15, -0.1) is 5.10 Å². The summed E-state index contributed by atoms with van der Waals surface area (Å²) in [4.78, 5) is 0. The van der Waals surface area contributed by atoms with Gasteiger partial charge in [-0.2, -0.15) is 0 Å². The molecule has 5 nitrogen and oxygen atoms in total. The van der Waals surface area contributed by atoms with Crippen molar-refractivity contribution in [2.45, 2.75) is 0 Å². The number of furan rings is 1. The molecule has 0 aliphatic heterocycles. The van der Waals surface area contributed by atoms with E-state index < -0.39 is 0 Å². The van der Waals surface area contributed by atoms with E-state index in [9.17, 15) is 0 Å². The maximum atomic E-state index is 5.95. The van der Waals surface area contributed by atoms with E-state index in [1.165, 1.54) is 0 Å². The van der Waals surface area contributed by atoms with Crippen molar-refractivity contribution in [3.05, 3.63) is 71.2 Å². The molecule has 0 aliphatic carbocycles. The Labute approximate surface area is 156 Å². The number of halogens is 1.